The predicted octanol–water partition coefficient (Wildman–Crippen LogP) is 10.5. The maximum absolute atomic E-state index is 5.69. The first kappa shape index (κ1) is 25.6. The zero-order chi connectivity index (χ0) is 30.6. The molecule has 3 nitrogen and oxygen atoms in total. The third-order valence-electron chi connectivity index (χ3n) is 10.3. The molecule has 1 atom stereocenters. The third-order valence-corrected chi connectivity index (χ3v) is 10.3. The minimum atomic E-state index is -0.247. The summed E-state index contributed by atoms with van der Waals surface area (Å²) in [6, 6.07) is 51.0. The van der Waals surface area contributed by atoms with Gasteiger partial charge in [-0.05, 0) is 73.8 Å². The van der Waals surface area contributed by atoms with Crippen LogP contribution in [0.1, 0.15) is 36.7 Å². The van der Waals surface area contributed by atoms with Crippen LogP contribution in [-0.2, 0) is 5.41 Å². The summed E-state index contributed by atoms with van der Waals surface area (Å²) in [6.07, 6.45) is -0.242. The first-order chi connectivity index (χ1) is 22.5. The van der Waals surface area contributed by atoms with E-state index in [9.17, 15) is 0 Å². The number of allylic oxidation sites excluding steroid dienone is 1. The summed E-state index contributed by atoms with van der Waals surface area (Å²) < 4.78 is 2.46. The molecule has 0 fully saturated rings. The van der Waals surface area contributed by atoms with Gasteiger partial charge in [0.05, 0.1) is 16.7 Å². The number of nitrogens with zero attached hydrogens (tertiary/aromatic N) is 2. The molecule has 218 valence electrons. The molecule has 2 heterocycles. The summed E-state index contributed by atoms with van der Waals surface area (Å²) in [5.74, 6) is 1.01. The molecule has 7 aromatic carbocycles. The fourth-order valence-corrected chi connectivity index (χ4v) is 8.05. The molecule has 3 heteroatoms. The van der Waals surface area contributed by atoms with Crippen molar-refractivity contribution in [3.8, 4) is 0 Å². The van der Waals surface area contributed by atoms with Gasteiger partial charge in [0.1, 0.15) is 12.0 Å². The second-order valence-corrected chi connectivity index (χ2v) is 13.3. The van der Waals surface area contributed by atoms with Crippen LogP contribution in [0.5, 0.6) is 0 Å². The van der Waals surface area contributed by atoms with Crippen molar-refractivity contribution >= 4 is 65.7 Å². The summed E-state index contributed by atoms with van der Waals surface area (Å²) in [6.45, 7) is 4.70. The lowest BCUT2D eigenvalue weighted by molar-refractivity contribution is 0.622. The van der Waals surface area contributed by atoms with E-state index >= 15 is 0 Å². The van der Waals surface area contributed by atoms with Gasteiger partial charge in [0, 0.05) is 27.3 Å². The molecule has 10 rings (SSSR count). The molecule has 2 aliphatic rings. The van der Waals surface area contributed by atoms with Gasteiger partial charge in [-0.2, -0.15) is 0 Å². The fraction of sp³-hybridized carbons (Fsp3) is 0.0930. The van der Waals surface area contributed by atoms with Crippen LogP contribution in [0, 0.1) is 0 Å². The van der Waals surface area contributed by atoms with E-state index < -0.39 is 0 Å². The number of aromatic nitrogens is 1. The van der Waals surface area contributed by atoms with E-state index in [-0.39, 0.29) is 11.6 Å². The van der Waals surface area contributed by atoms with Crippen LogP contribution >= 0.6 is 0 Å². The highest BCUT2D eigenvalue weighted by molar-refractivity contribution is 6.24. The topological polar surface area (TPSA) is 29.3 Å². The highest BCUT2D eigenvalue weighted by Crippen LogP contribution is 2.50. The Balaban J connectivity index is 1.33. The van der Waals surface area contributed by atoms with Gasteiger partial charge in [0.2, 0.25) is 0 Å². The maximum atomic E-state index is 5.69. The highest BCUT2D eigenvalue weighted by Gasteiger charge is 2.44. The molecule has 0 saturated carbocycles. The summed E-state index contributed by atoms with van der Waals surface area (Å²) in [7, 11) is 0. The number of benzene rings is 7. The van der Waals surface area contributed by atoms with E-state index in [1.165, 1.54) is 76.5 Å². The van der Waals surface area contributed by atoms with Crippen LogP contribution in [0.4, 0.5) is 0 Å². The average molecular weight is 590 g/mol. The Morgan fingerprint density at radius 3 is 1.72 bits per heavy atom. The van der Waals surface area contributed by atoms with Crippen LogP contribution in [-0.4, -0.2) is 10.4 Å². The number of hydrogen-bond acceptors (Lipinski definition) is 2. The molecular weight excluding hydrogens is 558 g/mol. The molecule has 1 unspecified atom stereocenters. The lowest BCUT2D eigenvalue weighted by Crippen LogP contribution is -2.34. The molecule has 0 bridgehead atoms. The largest absolute Gasteiger partial charge is 0.359 e. The predicted molar refractivity (Wildman–Crippen MR) is 194 cm³/mol. The van der Waals surface area contributed by atoms with Crippen molar-refractivity contribution in [1.29, 1.82) is 0 Å². The summed E-state index contributed by atoms with van der Waals surface area (Å²) in [5.41, 5.74) is 8.28. The van der Waals surface area contributed by atoms with E-state index in [2.05, 4.69) is 163 Å². The van der Waals surface area contributed by atoms with Crippen LogP contribution in [0.15, 0.2) is 150 Å². The highest BCUT2D eigenvalue weighted by atomic mass is 15.2. The molecule has 0 spiro atoms. The van der Waals surface area contributed by atoms with Gasteiger partial charge in [-0.15, -0.1) is 0 Å². The van der Waals surface area contributed by atoms with Crippen LogP contribution < -0.4 is 5.32 Å². The standard InChI is InChI=1S/C43H31N3/c1-43(2)36-18-10-9-17-33(36)40-39(43)42(45-41(44-40)32-20-19-26-11-3-4-12-27(26)21-32)46-37-24-30-15-7-5-13-28(30)22-34(37)35-23-29-14-6-8-16-31(29)25-38(35)46/h3-25,41,44H,1-2H3. The SMILES string of the molecule is CC1(C)C2=C(NC(c3ccc4ccccc4c3)N=C2n2c3cc4ccccc4cc3c3cc4ccccc4cc32)c2ccccc21. The Morgan fingerprint density at radius 2 is 1.09 bits per heavy atom. The summed E-state index contributed by atoms with van der Waals surface area (Å²) in [4.78, 5) is 5.69. The number of nitrogens with one attached hydrogen (secondary N) is 1. The Morgan fingerprint density at radius 1 is 0.565 bits per heavy atom. The van der Waals surface area contributed by atoms with E-state index in [0.29, 0.717) is 0 Å². The second-order valence-electron chi connectivity index (χ2n) is 13.3. The lowest BCUT2D eigenvalue weighted by atomic mass is 9.80. The van der Waals surface area contributed by atoms with Crippen LogP contribution in [0.25, 0.3) is 59.8 Å². The van der Waals surface area contributed by atoms with E-state index in [1.54, 1.807) is 0 Å². The first-order valence-corrected chi connectivity index (χ1v) is 16.1. The van der Waals surface area contributed by atoms with Crippen LogP contribution in [0.3, 0.4) is 0 Å². The van der Waals surface area contributed by atoms with Crippen molar-refractivity contribution in [2.75, 3.05) is 0 Å². The molecule has 46 heavy (non-hydrogen) atoms. The van der Waals surface area contributed by atoms with Gasteiger partial charge in [-0.1, -0.05) is 123 Å². The van der Waals surface area contributed by atoms with Crippen molar-refractivity contribution in [3.05, 3.63) is 162 Å². The maximum Gasteiger partial charge on any atom is 0.147 e. The lowest BCUT2D eigenvalue weighted by Gasteiger charge is -2.32. The molecule has 1 N–H and O–H groups in total. The molecule has 0 saturated heterocycles. The minimum Gasteiger partial charge on any atom is -0.359 e. The van der Waals surface area contributed by atoms with Gasteiger partial charge < -0.3 is 5.32 Å². The number of hydrogen-bond donors (Lipinski definition) is 1. The molecule has 0 amide bonds. The third kappa shape index (κ3) is 3.51. The van der Waals surface area contributed by atoms with Crippen molar-refractivity contribution in [2.24, 2.45) is 4.99 Å². The van der Waals surface area contributed by atoms with E-state index in [4.69, 9.17) is 4.99 Å². The van der Waals surface area contributed by atoms with Gasteiger partial charge in [0.25, 0.3) is 0 Å². The Kier molecular flexibility index (Phi) is 5.12. The molecule has 1 aliphatic heterocycles. The second kappa shape index (κ2) is 9.18. The number of fused-ring (bicyclic) bond motifs is 8. The quantitative estimate of drug-likeness (QED) is 0.203. The molecule has 0 radical (unpaired) electrons. The molecule has 1 aromatic heterocycles. The number of aliphatic imine (C=N–C) groups is 1. The molecule has 1 aliphatic carbocycles. The van der Waals surface area contributed by atoms with Gasteiger partial charge in [-0.25, -0.2) is 4.99 Å². The number of rotatable bonds is 1. The van der Waals surface area contributed by atoms with E-state index in [1.807, 2.05) is 0 Å². The van der Waals surface area contributed by atoms with Crippen molar-refractivity contribution in [1.82, 2.24) is 9.88 Å². The zero-order valence-corrected chi connectivity index (χ0v) is 25.8. The first-order valence-electron chi connectivity index (χ1n) is 16.1. The minimum absolute atomic E-state index is 0.242. The Labute approximate surface area is 267 Å². The smallest absolute Gasteiger partial charge is 0.147 e. The van der Waals surface area contributed by atoms with Crippen molar-refractivity contribution < 1.29 is 0 Å². The monoisotopic (exact) mass is 589 g/mol. The van der Waals surface area contributed by atoms with Gasteiger partial charge in [-0.3, -0.25) is 4.57 Å². The Bertz CT molecular complexity index is 2560. The van der Waals surface area contributed by atoms with E-state index in [0.717, 1.165) is 11.4 Å². The molecular formula is C43H31N3. The molecule has 8 aromatic rings. The average Bonchev–Trinajstić information content (AvgIpc) is 3.52. The fourth-order valence-electron chi connectivity index (χ4n) is 8.05. The summed E-state index contributed by atoms with van der Waals surface area (Å²) >= 11 is 0. The van der Waals surface area contributed by atoms with Gasteiger partial charge >= 0.3 is 0 Å². The zero-order valence-electron chi connectivity index (χ0n) is 25.8. The van der Waals surface area contributed by atoms with Crippen molar-refractivity contribution in [2.45, 2.75) is 25.4 Å². The van der Waals surface area contributed by atoms with Gasteiger partial charge in [0.15, 0.2) is 0 Å². The van der Waals surface area contributed by atoms with Crippen molar-refractivity contribution in [3.63, 3.8) is 0 Å². The summed E-state index contributed by atoms with van der Waals surface area (Å²) in [5, 5.41) is 13.8. The Hall–Kier alpha value is -5.67. The van der Waals surface area contributed by atoms with Crippen LogP contribution in [0.2, 0.25) is 0 Å². The normalized spacial score (nSPS) is 17.1.